The van der Waals surface area contributed by atoms with Crippen molar-refractivity contribution in [1.82, 2.24) is 19.9 Å². The first-order chi connectivity index (χ1) is 21.8. The molecule has 3 aromatic carbocycles. The van der Waals surface area contributed by atoms with Gasteiger partial charge in [-0.15, -0.1) is 17.5 Å². The Bertz CT molecular complexity index is 2020. The van der Waals surface area contributed by atoms with Crippen molar-refractivity contribution in [2.75, 3.05) is 23.9 Å². The van der Waals surface area contributed by atoms with Gasteiger partial charge in [0.15, 0.2) is 11.3 Å². The van der Waals surface area contributed by atoms with E-state index in [2.05, 4.69) is 25.5 Å². The predicted molar refractivity (Wildman–Crippen MR) is 179 cm³/mol. The molecule has 0 spiro atoms. The van der Waals surface area contributed by atoms with Crippen molar-refractivity contribution >= 4 is 53.1 Å². The molecule has 0 aliphatic rings. The molecular weight excluding hydrogens is 651 g/mol. The summed E-state index contributed by atoms with van der Waals surface area (Å²) in [5.74, 6) is -2.83. The lowest BCUT2D eigenvalue weighted by Gasteiger charge is -2.12. The number of carboxylic acid groups (broad SMARTS) is 1. The SMILES string of the molecule is C.COC(=O)c1ccc([C@H](C)N)cc1.Cl.Nc1cc2nc(C(=O)NCc3ccc(F)c(CNc4c(N)c(=O)c4=O)c3)cc(C(=O)O)n2n1. The summed E-state index contributed by atoms with van der Waals surface area (Å²) in [5, 5.41) is 18.4. The van der Waals surface area contributed by atoms with Crippen LogP contribution in [0.15, 0.2) is 64.2 Å². The highest BCUT2D eigenvalue weighted by molar-refractivity contribution is 5.96. The van der Waals surface area contributed by atoms with Crippen LogP contribution in [0, 0.1) is 5.82 Å². The first-order valence-electron chi connectivity index (χ1n) is 13.5. The summed E-state index contributed by atoms with van der Waals surface area (Å²) in [6.45, 7) is 1.77. The number of rotatable bonds is 9. The molecule has 0 saturated heterocycles. The Balaban J connectivity index is 0.000000453. The number of aromatic carboxylic acids is 1. The molecule has 15 nitrogen and oxygen atoms in total. The number of nitrogens with one attached hydrogen (secondary N) is 2. The van der Waals surface area contributed by atoms with Crippen LogP contribution in [0.25, 0.3) is 5.65 Å². The Hall–Kier alpha value is -5.87. The molecule has 48 heavy (non-hydrogen) atoms. The lowest BCUT2D eigenvalue weighted by molar-refractivity contribution is 0.0599. The second kappa shape index (κ2) is 16.1. The molecule has 0 radical (unpaired) electrons. The summed E-state index contributed by atoms with van der Waals surface area (Å²) in [5.41, 5.74) is 16.7. The van der Waals surface area contributed by atoms with Crippen LogP contribution in [0.1, 0.15) is 68.4 Å². The highest BCUT2D eigenvalue weighted by atomic mass is 35.5. The third-order valence-corrected chi connectivity index (χ3v) is 6.72. The number of nitrogens with two attached hydrogens (primary N) is 3. The minimum absolute atomic E-state index is 0. The van der Waals surface area contributed by atoms with Crippen molar-refractivity contribution in [3.8, 4) is 0 Å². The average molecular weight is 685 g/mol. The molecule has 254 valence electrons. The van der Waals surface area contributed by atoms with Crippen molar-refractivity contribution < 1.29 is 28.6 Å². The summed E-state index contributed by atoms with van der Waals surface area (Å²) >= 11 is 0. The average Bonchev–Trinajstić information content (AvgIpc) is 3.43. The summed E-state index contributed by atoms with van der Waals surface area (Å²) in [4.78, 5) is 61.8. The van der Waals surface area contributed by atoms with Crippen LogP contribution in [-0.2, 0) is 17.8 Å². The number of esters is 1. The van der Waals surface area contributed by atoms with E-state index in [1.165, 1.54) is 31.4 Å². The van der Waals surface area contributed by atoms with Crippen molar-refractivity contribution in [3.63, 3.8) is 0 Å². The van der Waals surface area contributed by atoms with Gasteiger partial charge in [-0.25, -0.2) is 23.5 Å². The fraction of sp³-hybridized carbons (Fsp3) is 0.194. The van der Waals surface area contributed by atoms with Gasteiger partial charge in [-0.05, 0) is 42.3 Å². The topological polar surface area (TPSA) is 247 Å². The number of carbonyl (C=O) groups is 3. The number of ether oxygens (including phenoxy) is 1. The molecule has 0 aliphatic carbocycles. The molecule has 5 aromatic rings. The molecule has 0 saturated carbocycles. The number of nitrogen functional groups attached to an aromatic ring is 2. The van der Waals surface area contributed by atoms with E-state index >= 15 is 0 Å². The number of hydrogen-bond donors (Lipinski definition) is 6. The lowest BCUT2D eigenvalue weighted by Crippen LogP contribution is -2.37. The van der Waals surface area contributed by atoms with Crippen molar-refractivity contribution in [3.05, 3.63) is 115 Å². The third-order valence-electron chi connectivity index (χ3n) is 6.72. The second-order valence-corrected chi connectivity index (χ2v) is 9.98. The van der Waals surface area contributed by atoms with Crippen LogP contribution in [0.3, 0.4) is 0 Å². The van der Waals surface area contributed by atoms with Gasteiger partial charge in [0.2, 0.25) is 0 Å². The Morgan fingerprint density at radius 2 is 1.69 bits per heavy atom. The fourth-order valence-corrected chi connectivity index (χ4v) is 4.22. The van der Waals surface area contributed by atoms with Crippen LogP contribution < -0.4 is 38.7 Å². The van der Waals surface area contributed by atoms with Crippen LogP contribution >= 0.6 is 12.4 Å². The third kappa shape index (κ3) is 8.48. The van der Waals surface area contributed by atoms with Gasteiger partial charge >= 0.3 is 11.9 Å². The molecule has 5 rings (SSSR count). The quantitative estimate of drug-likeness (QED) is 0.0965. The summed E-state index contributed by atoms with van der Waals surface area (Å²) in [6.07, 6.45) is 0. The highest BCUT2D eigenvalue weighted by Crippen LogP contribution is 2.16. The molecule has 9 N–H and O–H groups in total. The summed E-state index contributed by atoms with van der Waals surface area (Å²) in [6, 6.07) is 13.6. The van der Waals surface area contributed by atoms with Crippen LogP contribution in [-0.4, -0.2) is 44.7 Å². The highest BCUT2D eigenvalue weighted by Gasteiger charge is 2.19. The molecule has 0 unspecified atom stereocenters. The monoisotopic (exact) mass is 684 g/mol. The van der Waals surface area contributed by atoms with Gasteiger partial charge in [0.05, 0.1) is 12.7 Å². The number of benzene rings is 2. The van der Waals surface area contributed by atoms with E-state index < -0.39 is 28.6 Å². The van der Waals surface area contributed by atoms with Gasteiger partial charge in [0.25, 0.3) is 16.8 Å². The molecule has 0 aliphatic heterocycles. The number of anilines is 3. The van der Waals surface area contributed by atoms with Crippen LogP contribution in [0.2, 0.25) is 0 Å². The maximum absolute atomic E-state index is 14.1. The number of amides is 1. The van der Waals surface area contributed by atoms with E-state index in [4.69, 9.17) is 17.2 Å². The number of hydrogen-bond acceptors (Lipinski definition) is 12. The summed E-state index contributed by atoms with van der Waals surface area (Å²) < 4.78 is 19.7. The number of carboxylic acids is 1. The minimum Gasteiger partial charge on any atom is -0.477 e. The lowest BCUT2D eigenvalue weighted by atomic mass is 10.1. The molecule has 2 aromatic heterocycles. The number of aromatic nitrogens is 3. The van der Waals surface area contributed by atoms with Crippen molar-refractivity contribution in [2.45, 2.75) is 33.5 Å². The van der Waals surface area contributed by atoms with E-state index in [9.17, 15) is 33.5 Å². The van der Waals surface area contributed by atoms with Gasteiger partial charge < -0.3 is 37.7 Å². The smallest absolute Gasteiger partial charge is 0.354 e. The van der Waals surface area contributed by atoms with Crippen LogP contribution in [0.4, 0.5) is 21.6 Å². The minimum atomic E-state index is -1.32. The van der Waals surface area contributed by atoms with Gasteiger partial charge in [-0.1, -0.05) is 25.6 Å². The Kier molecular flexibility index (Phi) is 12.9. The van der Waals surface area contributed by atoms with E-state index in [1.807, 2.05) is 19.1 Å². The van der Waals surface area contributed by atoms with E-state index in [0.29, 0.717) is 11.1 Å². The normalized spacial score (nSPS) is 10.9. The second-order valence-electron chi connectivity index (χ2n) is 9.98. The zero-order valence-corrected chi connectivity index (χ0v) is 25.8. The van der Waals surface area contributed by atoms with E-state index in [0.717, 1.165) is 16.1 Å². The van der Waals surface area contributed by atoms with Gasteiger partial charge in [0.1, 0.15) is 28.7 Å². The van der Waals surface area contributed by atoms with Gasteiger partial charge in [-0.3, -0.25) is 14.4 Å². The Morgan fingerprint density at radius 1 is 1.02 bits per heavy atom. The number of nitrogens with zero attached hydrogens (tertiary/aromatic N) is 3. The van der Waals surface area contributed by atoms with Gasteiger partial charge in [0, 0.05) is 36.8 Å². The zero-order chi connectivity index (χ0) is 33.7. The summed E-state index contributed by atoms with van der Waals surface area (Å²) in [7, 11) is 1.36. The first-order valence-corrected chi connectivity index (χ1v) is 13.5. The largest absolute Gasteiger partial charge is 0.477 e. The number of halogens is 2. The maximum Gasteiger partial charge on any atom is 0.354 e. The molecule has 2 heterocycles. The number of fused-ring (bicyclic) bond motifs is 1. The number of carbonyl (C=O) groups excluding carboxylic acids is 2. The fourth-order valence-electron chi connectivity index (χ4n) is 4.22. The zero-order valence-electron chi connectivity index (χ0n) is 24.9. The molecule has 17 heteroatoms. The van der Waals surface area contributed by atoms with Gasteiger partial charge in [-0.2, -0.15) is 0 Å². The molecule has 1 atom stereocenters. The van der Waals surface area contributed by atoms with E-state index in [1.54, 1.807) is 12.1 Å². The molecule has 0 fully saturated rings. The molecular formula is C31H34ClFN8O7. The van der Waals surface area contributed by atoms with Crippen molar-refractivity contribution in [2.24, 2.45) is 5.73 Å². The number of methoxy groups -OCH3 is 1. The maximum atomic E-state index is 14.1. The molecule has 0 bridgehead atoms. The standard InChI is InChI=1S/C20H16FN7O5.C10H13NO2.CH4.ClH/c21-10-2-1-8(3-9(10)7-24-16-15(23)17(29)18(16)30)6-25-19(31)11-4-12(20(32)33)28-14(26-11)5-13(22)27-28;1-7(11)8-3-5-9(6-4-8)10(12)13-2;;/h1-5,24H,6-7,23H2,(H2,22,27)(H,25,31)(H,32,33);3-7H,11H2,1-2H3;1H4;1H/t;7-;;/m.0../s1. The van der Waals surface area contributed by atoms with E-state index in [-0.39, 0.29) is 84.7 Å². The first kappa shape index (κ1) is 38.3. The van der Waals surface area contributed by atoms with Crippen LogP contribution in [0.5, 0.6) is 0 Å². The molecule has 1 amide bonds. The van der Waals surface area contributed by atoms with Crippen molar-refractivity contribution in [1.29, 1.82) is 0 Å². The Labute approximate surface area is 279 Å². The Morgan fingerprint density at radius 3 is 2.27 bits per heavy atom. The predicted octanol–water partition coefficient (Wildman–Crippen LogP) is 2.42.